The fourth-order valence-corrected chi connectivity index (χ4v) is 3.75. The SMILES string of the molecule is CN(Cc1ccns1)CC1CCSC1. The summed E-state index contributed by atoms with van der Waals surface area (Å²) in [5.74, 6) is 3.63. The molecule has 1 aromatic heterocycles. The van der Waals surface area contributed by atoms with Gasteiger partial charge in [-0.05, 0) is 48.5 Å². The van der Waals surface area contributed by atoms with Gasteiger partial charge >= 0.3 is 0 Å². The van der Waals surface area contributed by atoms with Gasteiger partial charge in [0.25, 0.3) is 0 Å². The highest BCUT2D eigenvalue weighted by Crippen LogP contribution is 2.24. The van der Waals surface area contributed by atoms with Gasteiger partial charge in [0.05, 0.1) is 0 Å². The Kier molecular flexibility index (Phi) is 3.84. The van der Waals surface area contributed by atoms with Crippen LogP contribution < -0.4 is 0 Å². The highest BCUT2D eigenvalue weighted by atomic mass is 32.2. The molecule has 1 atom stereocenters. The average molecular weight is 228 g/mol. The third kappa shape index (κ3) is 2.97. The van der Waals surface area contributed by atoms with Crippen LogP contribution in [0.3, 0.4) is 0 Å². The lowest BCUT2D eigenvalue weighted by Crippen LogP contribution is -2.24. The molecule has 1 unspecified atom stereocenters. The van der Waals surface area contributed by atoms with Crippen molar-refractivity contribution >= 4 is 23.3 Å². The van der Waals surface area contributed by atoms with Crippen LogP contribution in [0.1, 0.15) is 11.3 Å². The molecule has 2 rings (SSSR count). The molecule has 0 aliphatic carbocycles. The summed E-state index contributed by atoms with van der Waals surface area (Å²) in [5.41, 5.74) is 0. The summed E-state index contributed by atoms with van der Waals surface area (Å²) in [7, 11) is 2.21. The zero-order valence-corrected chi connectivity index (χ0v) is 10.1. The molecule has 0 aromatic carbocycles. The first-order valence-corrected chi connectivity index (χ1v) is 6.93. The van der Waals surface area contributed by atoms with Crippen LogP contribution in [-0.4, -0.2) is 34.4 Å². The molecule has 2 heterocycles. The minimum atomic E-state index is 0.915. The van der Waals surface area contributed by atoms with E-state index < -0.39 is 0 Å². The fraction of sp³-hybridized carbons (Fsp3) is 0.700. The molecule has 0 saturated carbocycles. The molecule has 4 heteroatoms. The second-order valence-corrected chi connectivity index (χ2v) is 5.97. The first kappa shape index (κ1) is 10.5. The lowest BCUT2D eigenvalue weighted by atomic mass is 10.1. The number of thioether (sulfide) groups is 1. The van der Waals surface area contributed by atoms with Gasteiger partial charge in [0.15, 0.2) is 0 Å². The molecule has 1 aliphatic heterocycles. The van der Waals surface area contributed by atoms with Crippen molar-refractivity contribution in [3.05, 3.63) is 17.1 Å². The van der Waals surface area contributed by atoms with E-state index in [1.165, 1.54) is 29.3 Å². The summed E-state index contributed by atoms with van der Waals surface area (Å²) < 4.78 is 4.12. The molecular weight excluding hydrogens is 212 g/mol. The van der Waals surface area contributed by atoms with E-state index in [4.69, 9.17) is 0 Å². The Morgan fingerprint density at radius 3 is 3.21 bits per heavy atom. The third-order valence-electron chi connectivity index (χ3n) is 2.51. The van der Waals surface area contributed by atoms with Crippen LogP contribution in [0.15, 0.2) is 12.3 Å². The Hall–Kier alpha value is -0.0600. The molecule has 0 amide bonds. The first-order chi connectivity index (χ1) is 6.84. The minimum Gasteiger partial charge on any atom is -0.301 e. The Balaban J connectivity index is 1.75. The first-order valence-electron chi connectivity index (χ1n) is 5.00. The van der Waals surface area contributed by atoms with Crippen LogP contribution >= 0.6 is 23.3 Å². The van der Waals surface area contributed by atoms with Crippen LogP contribution in [0.4, 0.5) is 0 Å². The summed E-state index contributed by atoms with van der Waals surface area (Å²) in [4.78, 5) is 3.79. The zero-order chi connectivity index (χ0) is 9.80. The largest absolute Gasteiger partial charge is 0.301 e. The number of hydrogen-bond donors (Lipinski definition) is 0. The monoisotopic (exact) mass is 228 g/mol. The van der Waals surface area contributed by atoms with Gasteiger partial charge in [-0.3, -0.25) is 0 Å². The second-order valence-electron chi connectivity index (χ2n) is 3.91. The van der Waals surface area contributed by atoms with E-state index >= 15 is 0 Å². The maximum Gasteiger partial charge on any atom is 0.0410 e. The van der Waals surface area contributed by atoms with E-state index in [-0.39, 0.29) is 0 Å². The van der Waals surface area contributed by atoms with E-state index in [2.05, 4.69) is 34.1 Å². The summed E-state index contributed by atoms with van der Waals surface area (Å²) >= 11 is 3.71. The molecule has 78 valence electrons. The summed E-state index contributed by atoms with van der Waals surface area (Å²) in [6.07, 6.45) is 3.29. The molecule has 14 heavy (non-hydrogen) atoms. The lowest BCUT2D eigenvalue weighted by molar-refractivity contribution is 0.284. The summed E-state index contributed by atoms with van der Waals surface area (Å²) in [6, 6.07) is 2.12. The number of rotatable bonds is 4. The van der Waals surface area contributed by atoms with Crippen molar-refractivity contribution in [2.75, 3.05) is 25.1 Å². The third-order valence-corrected chi connectivity index (χ3v) is 4.47. The summed E-state index contributed by atoms with van der Waals surface area (Å²) in [6.45, 7) is 2.30. The van der Waals surface area contributed by atoms with Gasteiger partial charge in [0.1, 0.15) is 0 Å². The van der Waals surface area contributed by atoms with E-state index in [1.54, 1.807) is 11.5 Å². The fourth-order valence-electron chi connectivity index (χ4n) is 1.82. The van der Waals surface area contributed by atoms with Gasteiger partial charge in [-0.1, -0.05) is 0 Å². The van der Waals surface area contributed by atoms with Gasteiger partial charge < -0.3 is 4.90 Å². The summed E-state index contributed by atoms with van der Waals surface area (Å²) in [5, 5.41) is 0. The quantitative estimate of drug-likeness (QED) is 0.787. The minimum absolute atomic E-state index is 0.915. The average Bonchev–Trinajstić information content (AvgIpc) is 2.76. The van der Waals surface area contributed by atoms with Crippen LogP contribution in [0.25, 0.3) is 0 Å². The van der Waals surface area contributed by atoms with Crippen molar-refractivity contribution in [2.45, 2.75) is 13.0 Å². The van der Waals surface area contributed by atoms with Crippen molar-refractivity contribution in [3.8, 4) is 0 Å². The standard InChI is InChI=1S/C10H16N2S2/c1-12(6-9-3-5-13-8-9)7-10-2-4-11-14-10/h2,4,9H,3,5-8H2,1H3. The predicted octanol–water partition coefficient (Wildman–Crippen LogP) is 2.33. The van der Waals surface area contributed by atoms with E-state index in [1.807, 2.05) is 6.20 Å². The molecule has 0 spiro atoms. The molecule has 0 N–H and O–H groups in total. The Bertz CT molecular complexity index is 255. The molecular formula is C10H16N2S2. The Labute approximate surface area is 93.9 Å². The Morgan fingerprint density at radius 1 is 1.64 bits per heavy atom. The molecule has 0 bridgehead atoms. The maximum absolute atomic E-state index is 4.12. The Morgan fingerprint density at radius 2 is 2.57 bits per heavy atom. The van der Waals surface area contributed by atoms with Crippen molar-refractivity contribution in [1.29, 1.82) is 0 Å². The maximum atomic E-state index is 4.12. The van der Waals surface area contributed by atoms with Crippen molar-refractivity contribution < 1.29 is 0 Å². The van der Waals surface area contributed by atoms with Crippen molar-refractivity contribution in [1.82, 2.24) is 9.27 Å². The predicted molar refractivity (Wildman–Crippen MR) is 63.9 cm³/mol. The van der Waals surface area contributed by atoms with Gasteiger partial charge in [-0.2, -0.15) is 11.8 Å². The van der Waals surface area contributed by atoms with Crippen LogP contribution in [0, 0.1) is 5.92 Å². The zero-order valence-electron chi connectivity index (χ0n) is 8.48. The number of aromatic nitrogens is 1. The van der Waals surface area contributed by atoms with Crippen LogP contribution in [0.2, 0.25) is 0 Å². The lowest BCUT2D eigenvalue weighted by Gasteiger charge is -2.19. The molecule has 0 radical (unpaired) electrons. The highest BCUT2D eigenvalue weighted by Gasteiger charge is 2.17. The van der Waals surface area contributed by atoms with E-state index in [0.717, 1.165) is 12.5 Å². The highest BCUT2D eigenvalue weighted by molar-refractivity contribution is 7.99. The second kappa shape index (κ2) is 5.14. The van der Waals surface area contributed by atoms with Crippen LogP contribution in [0.5, 0.6) is 0 Å². The van der Waals surface area contributed by atoms with Gasteiger partial charge in [-0.25, -0.2) is 4.37 Å². The van der Waals surface area contributed by atoms with Gasteiger partial charge in [-0.15, -0.1) is 0 Å². The molecule has 1 aliphatic rings. The van der Waals surface area contributed by atoms with Gasteiger partial charge in [0.2, 0.25) is 0 Å². The molecule has 1 aromatic rings. The van der Waals surface area contributed by atoms with E-state index in [0.29, 0.717) is 0 Å². The van der Waals surface area contributed by atoms with Crippen LogP contribution in [-0.2, 0) is 6.54 Å². The number of hydrogen-bond acceptors (Lipinski definition) is 4. The van der Waals surface area contributed by atoms with Crippen molar-refractivity contribution in [2.24, 2.45) is 5.92 Å². The molecule has 2 nitrogen and oxygen atoms in total. The van der Waals surface area contributed by atoms with Gasteiger partial charge in [0, 0.05) is 24.2 Å². The normalized spacial score (nSPS) is 22.0. The smallest absolute Gasteiger partial charge is 0.0410 e. The van der Waals surface area contributed by atoms with E-state index in [9.17, 15) is 0 Å². The van der Waals surface area contributed by atoms with Crippen molar-refractivity contribution in [3.63, 3.8) is 0 Å². The molecule has 1 saturated heterocycles. The molecule has 1 fully saturated rings. The topological polar surface area (TPSA) is 16.1 Å². The number of nitrogens with zero attached hydrogens (tertiary/aromatic N) is 2.